The Morgan fingerprint density at radius 2 is 1.28 bits per heavy atom. The Balaban J connectivity index is 1.23. The zero-order chi connectivity index (χ0) is 36.4. The number of hydrogen-bond donors (Lipinski definition) is 0. The molecule has 0 spiro atoms. The van der Waals surface area contributed by atoms with Gasteiger partial charge in [-0.05, 0) is 94.1 Å². The van der Waals surface area contributed by atoms with Crippen molar-refractivity contribution in [2.45, 2.75) is 25.7 Å². The molecule has 1 atom stereocenters. The predicted molar refractivity (Wildman–Crippen MR) is 220 cm³/mol. The SMILES string of the molecule is CC1(C)c2ccccc2C2=Cc3c(n(-c4cc(-c5ccc(C#N)cc5)cc(-c5cc(-c6ccccc6)nc(-c6ccccc6)n5)c4)c4ccccc34)CC21. The van der Waals surface area contributed by atoms with Crippen LogP contribution in [0.5, 0.6) is 0 Å². The maximum absolute atomic E-state index is 9.60. The van der Waals surface area contributed by atoms with Gasteiger partial charge in [-0.15, -0.1) is 0 Å². The molecule has 10 rings (SSSR count). The zero-order valence-electron chi connectivity index (χ0n) is 30.2. The Morgan fingerprint density at radius 1 is 0.630 bits per heavy atom. The molecule has 54 heavy (non-hydrogen) atoms. The fraction of sp³-hybridized carbons (Fsp3) is 0.100. The van der Waals surface area contributed by atoms with Crippen molar-refractivity contribution >= 4 is 22.6 Å². The normalized spacial score (nSPS) is 15.2. The first-order valence-electron chi connectivity index (χ1n) is 18.6. The van der Waals surface area contributed by atoms with Gasteiger partial charge in [0.2, 0.25) is 0 Å². The monoisotopic (exact) mass is 692 g/mol. The molecule has 1 unspecified atom stereocenters. The summed E-state index contributed by atoms with van der Waals surface area (Å²) < 4.78 is 2.49. The van der Waals surface area contributed by atoms with Crippen molar-refractivity contribution in [2.75, 3.05) is 0 Å². The third-order valence-corrected chi connectivity index (χ3v) is 11.5. The van der Waals surface area contributed by atoms with E-state index >= 15 is 0 Å². The van der Waals surface area contributed by atoms with Crippen LogP contribution in [0.2, 0.25) is 0 Å². The van der Waals surface area contributed by atoms with Crippen LogP contribution >= 0.6 is 0 Å². The minimum Gasteiger partial charge on any atom is -0.313 e. The van der Waals surface area contributed by atoms with Gasteiger partial charge in [0.1, 0.15) is 0 Å². The smallest absolute Gasteiger partial charge is 0.160 e. The van der Waals surface area contributed by atoms with Gasteiger partial charge in [0.25, 0.3) is 0 Å². The Bertz CT molecular complexity index is 2760. The number of allylic oxidation sites excluding steroid dienone is 1. The molecule has 0 amide bonds. The second kappa shape index (κ2) is 12.4. The molecular weight excluding hydrogens is 657 g/mol. The topological polar surface area (TPSA) is 54.5 Å². The van der Waals surface area contributed by atoms with E-state index in [-0.39, 0.29) is 5.41 Å². The van der Waals surface area contributed by atoms with E-state index in [4.69, 9.17) is 9.97 Å². The molecule has 0 N–H and O–H groups in total. The number of hydrogen-bond acceptors (Lipinski definition) is 3. The highest BCUT2D eigenvalue weighted by atomic mass is 15.0. The Hall–Kier alpha value is -6.83. The molecule has 6 aromatic carbocycles. The van der Waals surface area contributed by atoms with E-state index in [2.05, 4.69) is 128 Å². The minimum atomic E-state index is -0.000462. The zero-order valence-corrected chi connectivity index (χ0v) is 30.2. The molecule has 2 aromatic heterocycles. The number of fused-ring (bicyclic) bond motifs is 6. The fourth-order valence-corrected chi connectivity index (χ4v) is 8.79. The molecule has 2 aliphatic rings. The molecule has 4 nitrogen and oxygen atoms in total. The Morgan fingerprint density at radius 3 is 2.04 bits per heavy atom. The maximum atomic E-state index is 9.60. The van der Waals surface area contributed by atoms with Crippen LogP contribution in [0.25, 0.3) is 73.3 Å². The molecule has 256 valence electrons. The molecule has 2 aliphatic carbocycles. The van der Waals surface area contributed by atoms with Crippen LogP contribution in [-0.2, 0) is 11.8 Å². The number of rotatable bonds is 5. The number of nitriles is 1. The number of nitrogens with zero attached hydrogens (tertiary/aromatic N) is 4. The van der Waals surface area contributed by atoms with Gasteiger partial charge in [-0.2, -0.15) is 5.26 Å². The van der Waals surface area contributed by atoms with Gasteiger partial charge in [0.05, 0.1) is 28.5 Å². The quantitative estimate of drug-likeness (QED) is 0.180. The molecule has 0 fully saturated rings. The first kappa shape index (κ1) is 31.9. The molecule has 0 radical (unpaired) electrons. The van der Waals surface area contributed by atoms with E-state index in [0.29, 0.717) is 17.3 Å². The van der Waals surface area contributed by atoms with Crippen LogP contribution in [0.4, 0.5) is 0 Å². The third-order valence-electron chi connectivity index (χ3n) is 11.5. The van der Waals surface area contributed by atoms with Gasteiger partial charge >= 0.3 is 0 Å². The lowest BCUT2D eigenvalue weighted by Crippen LogP contribution is -2.27. The van der Waals surface area contributed by atoms with Crippen molar-refractivity contribution in [3.63, 3.8) is 0 Å². The van der Waals surface area contributed by atoms with Gasteiger partial charge in [-0.25, -0.2) is 9.97 Å². The summed E-state index contributed by atoms with van der Waals surface area (Å²) in [5.41, 5.74) is 16.6. The summed E-state index contributed by atoms with van der Waals surface area (Å²) >= 11 is 0. The minimum absolute atomic E-state index is 0.000462. The van der Waals surface area contributed by atoms with E-state index < -0.39 is 0 Å². The summed E-state index contributed by atoms with van der Waals surface area (Å²) in [6, 6.07) is 57.4. The standard InChI is InChI=1S/C50H36N4/c1-50(2)43-19-11-9-17-39(43)41-28-42-40-18-10-12-20-47(40)54(48(42)29-44(41)50)38-26-36(33-23-21-32(31-51)22-24-33)25-37(27-38)46-30-45(34-13-5-3-6-14-34)52-49(53-46)35-15-7-4-8-16-35/h3-28,30,44H,29H2,1-2H3. The Labute approximate surface area is 315 Å². The lowest BCUT2D eigenvalue weighted by atomic mass is 9.73. The van der Waals surface area contributed by atoms with Crippen LogP contribution in [0.3, 0.4) is 0 Å². The molecule has 0 saturated heterocycles. The van der Waals surface area contributed by atoms with Gasteiger partial charge in [-0.3, -0.25) is 0 Å². The van der Waals surface area contributed by atoms with Crippen LogP contribution in [0.15, 0.2) is 158 Å². The second-order valence-electron chi connectivity index (χ2n) is 15.0. The van der Waals surface area contributed by atoms with E-state index in [1.54, 1.807) is 0 Å². The van der Waals surface area contributed by atoms with Gasteiger partial charge in [0, 0.05) is 39.0 Å². The van der Waals surface area contributed by atoms with Crippen molar-refractivity contribution in [1.29, 1.82) is 5.26 Å². The average molecular weight is 693 g/mol. The average Bonchev–Trinajstić information content (AvgIpc) is 3.68. The number of aromatic nitrogens is 3. The van der Waals surface area contributed by atoms with Crippen LogP contribution < -0.4 is 0 Å². The molecule has 0 bridgehead atoms. The summed E-state index contributed by atoms with van der Waals surface area (Å²) in [7, 11) is 0. The fourth-order valence-electron chi connectivity index (χ4n) is 8.79. The Kier molecular flexibility index (Phi) is 7.32. The highest BCUT2D eigenvalue weighted by Gasteiger charge is 2.45. The summed E-state index contributed by atoms with van der Waals surface area (Å²) in [6.45, 7) is 4.81. The highest BCUT2D eigenvalue weighted by Crippen LogP contribution is 2.55. The summed E-state index contributed by atoms with van der Waals surface area (Å²) in [5.74, 6) is 1.04. The van der Waals surface area contributed by atoms with Crippen molar-refractivity contribution in [1.82, 2.24) is 14.5 Å². The van der Waals surface area contributed by atoms with Crippen molar-refractivity contribution in [3.8, 4) is 56.8 Å². The molecule has 0 saturated carbocycles. The van der Waals surface area contributed by atoms with Crippen LogP contribution in [-0.4, -0.2) is 14.5 Å². The van der Waals surface area contributed by atoms with Crippen molar-refractivity contribution in [2.24, 2.45) is 5.92 Å². The number of para-hydroxylation sites is 1. The first-order valence-corrected chi connectivity index (χ1v) is 18.6. The van der Waals surface area contributed by atoms with Crippen molar-refractivity contribution in [3.05, 3.63) is 186 Å². The predicted octanol–water partition coefficient (Wildman–Crippen LogP) is 12.0. The van der Waals surface area contributed by atoms with E-state index in [0.717, 1.165) is 51.3 Å². The van der Waals surface area contributed by atoms with Crippen molar-refractivity contribution < 1.29 is 0 Å². The van der Waals surface area contributed by atoms with Crippen LogP contribution in [0, 0.1) is 17.2 Å². The number of benzene rings is 6. The van der Waals surface area contributed by atoms with E-state index in [1.807, 2.05) is 60.7 Å². The summed E-state index contributed by atoms with van der Waals surface area (Å²) in [6.07, 6.45) is 3.40. The van der Waals surface area contributed by atoms with Gasteiger partial charge < -0.3 is 4.57 Å². The third kappa shape index (κ3) is 5.12. The van der Waals surface area contributed by atoms with Gasteiger partial charge in [0.15, 0.2) is 5.82 Å². The summed E-state index contributed by atoms with van der Waals surface area (Å²) in [5, 5.41) is 10.9. The van der Waals surface area contributed by atoms with Crippen LogP contribution in [0.1, 0.15) is 41.8 Å². The lowest BCUT2D eigenvalue weighted by Gasteiger charge is -2.32. The molecular formula is C50H36N4. The van der Waals surface area contributed by atoms with Gasteiger partial charge in [-0.1, -0.05) is 129 Å². The molecule has 2 heterocycles. The lowest BCUT2D eigenvalue weighted by molar-refractivity contribution is 0.405. The van der Waals surface area contributed by atoms with E-state index in [9.17, 15) is 5.26 Å². The highest BCUT2D eigenvalue weighted by molar-refractivity contribution is 6.01. The van der Waals surface area contributed by atoms with E-state index in [1.165, 1.54) is 38.9 Å². The molecule has 8 aromatic rings. The maximum Gasteiger partial charge on any atom is 0.160 e. The molecule has 0 aliphatic heterocycles. The first-order chi connectivity index (χ1) is 26.5. The molecule has 4 heteroatoms. The largest absolute Gasteiger partial charge is 0.313 e. The summed E-state index contributed by atoms with van der Waals surface area (Å²) in [4.78, 5) is 10.3. The second-order valence-corrected chi connectivity index (χ2v) is 15.0.